The van der Waals surface area contributed by atoms with Gasteiger partial charge >= 0.3 is 0 Å². The highest BCUT2D eigenvalue weighted by Gasteiger charge is 2.17. The Morgan fingerprint density at radius 2 is 1.58 bits per heavy atom. The third kappa shape index (κ3) is 3.58. The van der Waals surface area contributed by atoms with Crippen molar-refractivity contribution >= 4 is 0 Å². The Morgan fingerprint density at radius 3 is 2.16 bits per heavy atom. The fourth-order valence-corrected chi connectivity index (χ4v) is 1.86. The maximum Gasteiger partial charge on any atom is 0.119 e. The summed E-state index contributed by atoms with van der Waals surface area (Å²) in [6.07, 6.45) is 0. The van der Waals surface area contributed by atoms with Gasteiger partial charge in [0.1, 0.15) is 12.4 Å². The highest BCUT2D eigenvalue weighted by molar-refractivity contribution is 5.32. The topological polar surface area (TPSA) is 35.2 Å². The predicted molar refractivity (Wildman–Crippen MR) is 79.3 cm³/mol. The van der Waals surface area contributed by atoms with Crippen LogP contribution in [0.25, 0.3) is 0 Å². The Kier molecular flexibility index (Phi) is 4.23. The zero-order valence-electron chi connectivity index (χ0n) is 11.6. The molecule has 100 valence electrons. The summed E-state index contributed by atoms with van der Waals surface area (Å²) in [5, 5.41) is 0. The maximum absolute atomic E-state index is 5.78. The van der Waals surface area contributed by atoms with Crippen molar-refractivity contribution in [2.75, 3.05) is 6.54 Å². The molecule has 0 aliphatic carbocycles. The molecule has 2 aromatic carbocycles. The van der Waals surface area contributed by atoms with Crippen molar-refractivity contribution in [2.45, 2.75) is 25.9 Å². The Morgan fingerprint density at radius 1 is 0.947 bits per heavy atom. The van der Waals surface area contributed by atoms with Gasteiger partial charge in [0.05, 0.1) is 0 Å². The number of benzene rings is 2. The molecule has 0 radical (unpaired) electrons. The summed E-state index contributed by atoms with van der Waals surface area (Å²) in [4.78, 5) is 0. The molecule has 0 amide bonds. The molecule has 2 aromatic rings. The standard InChI is InChI=1S/C17H21NO/c1-17(2,13-18)15-8-10-16(11-9-15)19-12-14-6-4-3-5-7-14/h3-11H,12-13,18H2,1-2H3. The first-order valence-electron chi connectivity index (χ1n) is 6.59. The van der Waals surface area contributed by atoms with Gasteiger partial charge in [0.25, 0.3) is 0 Å². The van der Waals surface area contributed by atoms with Crippen LogP contribution in [0.2, 0.25) is 0 Å². The predicted octanol–water partition coefficient (Wildman–Crippen LogP) is 3.50. The van der Waals surface area contributed by atoms with Crippen LogP contribution in [0.5, 0.6) is 5.75 Å². The molecule has 0 fully saturated rings. The lowest BCUT2D eigenvalue weighted by molar-refractivity contribution is 0.306. The van der Waals surface area contributed by atoms with Crippen LogP contribution in [0.3, 0.4) is 0 Å². The number of rotatable bonds is 5. The van der Waals surface area contributed by atoms with E-state index >= 15 is 0 Å². The first-order chi connectivity index (χ1) is 9.12. The minimum Gasteiger partial charge on any atom is -0.489 e. The van der Waals surface area contributed by atoms with Crippen molar-refractivity contribution in [3.63, 3.8) is 0 Å². The monoisotopic (exact) mass is 255 g/mol. The highest BCUT2D eigenvalue weighted by atomic mass is 16.5. The molecule has 0 saturated carbocycles. The SMILES string of the molecule is CC(C)(CN)c1ccc(OCc2ccccc2)cc1. The molecule has 0 aliphatic rings. The van der Waals surface area contributed by atoms with E-state index in [9.17, 15) is 0 Å². The molecule has 2 rings (SSSR count). The minimum atomic E-state index is 0.0119. The van der Waals surface area contributed by atoms with E-state index in [2.05, 4.69) is 38.1 Å². The lowest BCUT2D eigenvalue weighted by Crippen LogP contribution is -2.27. The van der Waals surface area contributed by atoms with E-state index < -0.39 is 0 Å². The quantitative estimate of drug-likeness (QED) is 0.887. The smallest absolute Gasteiger partial charge is 0.119 e. The second-order valence-corrected chi connectivity index (χ2v) is 5.39. The summed E-state index contributed by atoms with van der Waals surface area (Å²) < 4.78 is 5.76. The summed E-state index contributed by atoms with van der Waals surface area (Å²) in [5.74, 6) is 0.889. The van der Waals surface area contributed by atoms with Gasteiger partial charge in [-0.05, 0) is 23.3 Å². The Labute approximate surface area is 115 Å². The Balaban J connectivity index is 2.00. The molecule has 2 heteroatoms. The number of hydrogen-bond donors (Lipinski definition) is 1. The van der Waals surface area contributed by atoms with Crippen LogP contribution in [-0.2, 0) is 12.0 Å². The average Bonchev–Trinajstić information content (AvgIpc) is 2.47. The molecule has 19 heavy (non-hydrogen) atoms. The maximum atomic E-state index is 5.78. The van der Waals surface area contributed by atoms with Crippen molar-refractivity contribution in [3.05, 3.63) is 65.7 Å². The number of hydrogen-bond acceptors (Lipinski definition) is 2. The first-order valence-corrected chi connectivity index (χ1v) is 6.59. The molecule has 0 heterocycles. The van der Waals surface area contributed by atoms with Gasteiger partial charge in [-0.25, -0.2) is 0 Å². The van der Waals surface area contributed by atoms with E-state index in [0.29, 0.717) is 13.2 Å². The second kappa shape index (κ2) is 5.89. The van der Waals surface area contributed by atoms with Crippen LogP contribution in [0, 0.1) is 0 Å². The third-order valence-corrected chi connectivity index (χ3v) is 3.39. The Hall–Kier alpha value is -1.80. The summed E-state index contributed by atoms with van der Waals surface area (Å²) in [6, 6.07) is 18.4. The number of ether oxygens (including phenoxy) is 1. The van der Waals surface area contributed by atoms with Crippen molar-refractivity contribution < 1.29 is 4.74 Å². The van der Waals surface area contributed by atoms with Gasteiger partial charge in [-0.3, -0.25) is 0 Å². The van der Waals surface area contributed by atoms with Crippen LogP contribution >= 0.6 is 0 Å². The normalized spacial score (nSPS) is 11.3. The van der Waals surface area contributed by atoms with Crippen LogP contribution < -0.4 is 10.5 Å². The molecule has 2 nitrogen and oxygen atoms in total. The molecule has 0 aliphatic heterocycles. The van der Waals surface area contributed by atoms with Crippen LogP contribution in [0.4, 0.5) is 0 Å². The van der Waals surface area contributed by atoms with Crippen molar-refractivity contribution in [3.8, 4) is 5.75 Å². The van der Waals surface area contributed by atoms with E-state index in [0.717, 1.165) is 5.75 Å². The molecule has 0 aromatic heterocycles. The van der Waals surface area contributed by atoms with Gasteiger partial charge in [-0.1, -0.05) is 56.3 Å². The molecule has 2 N–H and O–H groups in total. The van der Waals surface area contributed by atoms with Crippen LogP contribution in [-0.4, -0.2) is 6.54 Å². The van der Waals surface area contributed by atoms with Gasteiger partial charge in [-0.2, -0.15) is 0 Å². The fourth-order valence-electron chi connectivity index (χ4n) is 1.86. The van der Waals surface area contributed by atoms with E-state index in [4.69, 9.17) is 10.5 Å². The van der Waals surface area contributed by atoms with Gasteiger partial charge in [0.2, 0.25) is 0 Å². The summed E-state index contributed by atoms with van der Waals surface area (Å²) in [7, 11) is 0. The zero-order valence-corrected chi connectivity index (χ0v) is 11.6. The fraction of sp³-hybridized carbons (Fsp3) is 0.294. The van der Waals surface area contributed by atoms with Crippen LogP contribution in [0.15, 0.2) is 54.6 Å². The molecule has 0 spiro atoms. The molecule has 0 bridgehead atoms. The summed E-state index contributed by atoms with van der Waals surface area (Å²) >= 11 is 0. The second-order valence-electron chi connectivity index (χ2n) is 5.39. The van der Waals surface area contributed by atoms with Crippen LogP contribution in [0.1, 0.15) is 25.0 Å². The van der Waals surface area contributed by atoms with Crippen molar-refractivity contribution in [2.24, 2.45) is 5.73 Å². The molecule has 0 atom stereocenters. The lowest BCUT2D eigenvalue weighted by atomic mass is 9.85. The average molecular weight is 255 g/mol. The van der Waals surface area contributed by atoms with E-state index in [1.165, 1.54) is 11.1 Å². The van der Waals surface area contributed by atoms with Gasteiger partial charge in [0, 0.05) is 12.0 Å². The molecule has 0 unspecified atom stereocenters. The zero-order chi connectivity index (χ0) is 13.7. The highest BCUT2D eigenvalue weighted by Crippen LogP contribution is 2.24. The Bertz CT molecular complexity index is 503. The third-order valence-electron chi connectivity index (χ3n) is 3.39. The van der Waals surface area contributed by atoms with E-state index in [1.807, 2.05) is 30.3 Å². The minimum absolute atomic E-state index is 0.0119. The van der Waals surface area contributed by atoms with E-state index in [-0.39, 0.29) is 5.41 Å². The number of nitrogens with two attached hydrogens (primary N) is 1. The van der Waals surface area contributed by atoms with Gasteiger partial charge in [-0.15, -0.1) is 0 Å². The summed E-state index contributed by atoms with van der Waals surface area (Å²) in [5.41, 5.74) is 8.20. The van der Waals surface area contributed by atoms with E-state index in [1.54, 1.807) is 0 Å². The van der Waals surface area contributed by atoms with Gasteiger partial charge < -0.3 is 10.5 Å². The first kappa shape index (κ1) is 13.6. The van der Waals surface area contributed by atoms with Gasteiger partial charge in [0.15, 0.2) is 0 Å². The summed E-state index contributed by atoms with van der Waals surface area (Å²) in [6.45, 7) is 5.53. The largest absolute Gasteiger partial charge is 0.489 e. The lowest BCUT2D eigenvalue weighted by Gasteiger charge is -2.23. The molecular weight excluding hydrogens is 234 g/mol. The molecular formula is C17H21NO. The van der Waals surface area contributed by atoms with Crippen molar-refractivity contribution in [1.29, 1.82) is 0 Å². The molecule has 0 saturated heterocycles. The van der Waals surface area contributed by atoms with Crippen molar-refractivity contribution in [1.82, 2.24) is 0 Å².